The minimum Gasteiger partial charge on any atom is -0.496 e. The summed E-state index contributed by atoms with van der Waals surface area (Å²) in [5.41, 5.74) is 1.95. The number of ether oxygens (including phenoxy) is 1. The second kappa shape index (κ2) is 5.39. The van der Waals surface area contributed by atoms with Crippen molar-refractivity contribution in [3.05, 3.63) is 29.3 Å². The molecular weight excluding hydrogens is 220 g/mol. The summed E-state index contributed by atoms with van der Waals surface area (Å²) >= 11 is 2.02. The summed E-state index contributed by atoms with van der Waals surface area (Å²) in [5, 5.41) is 0. The molecule has 1 aromatic carbocycles. The van der Waals surface area contributed by atoms with E-state index in [2.05, 4.69) is 6.07 Å². The molecule has 0 spiro atoms. The third-order valence-corrected chi connectivity index (χ3v) is 4.12. The molecule has 0 atom stereocenters. The molecule has 86 valence electrons. The Morgan fingerprint density at radius 1 is 1.38 bits per heavy atom. The van der Waals surface area contributed by atoms with Crippen molar-refractivity contribution in [1.82, 2.24) is 0 Å². The Morgan fingerprint density at radius 3 is 2.75 bits per heavy atom. The topological polar surface area (TPSA) is 26.3 Å². The fraction of sp³-hybridized carbons (Fsp3) is 0.462. The smallest absolute Gasteiger partial charge is 0.153 e. The first-order chi connectivity index (χ1) is 7.85. The van der Waals surface area contributed by atoms with Crippen LogP contribution in [0.15, 0.2) is 18.2 Å². The molecule has 1 fully saturated rings. The Labute approximate surface area is 100 Å². The van der Waals surface area contributed by atoms with Crippen molar-refractivity contribution in [1.29, 1.82) is 0 Å². The lowest BCUT2D eigenvalue weighted by atomic mass is 9.92. The van der Waals surface area contributed by atoms with Gasteiger partial charge < -0.3 is 4.74 Å². The molecule has 0 radical (unpaired) electrons. The Kier molecular flexibility index (Phi) is 3.88. The number of carbonyl (C=O) groups is 1. The molecule has 0 amide bonds. The van der Waals surface area contributed by atoms with E-state index in [4.69, 9.17) is 4.74 Å². The normalized spacial score (nSPS) is 17.1. The highest BCUT2D eigenvalue weighted by Crippen LogP contribution is 2.33. The zero-order valence-corrected chi connectivity index (χ0v) is 10.3. The molecule has 0 unspecified atom stereocenters. The van der Waals surface area contributed by atoms with Gasteiger partial charge >= 0.3 is 0 Å². The van der Waals surface area contributed by atoms with Crippen molar-refractivity contribution in [3.8, 4) is 5.75 Å². The van der Waals surface area contributed by atoms with Crippen LogP contribution >= 0.6 is 11.8 Å². The number of hydrogen-bond donors (Lipinski definition) is 0. The highest BCUT2D eigenvalue weighted by Gasteiger charge is 2.16. The van der Waals surface area contributed by atoms with Crippen molar-refractivity contribution in [3.63, 3.8) is 0 Å². The predicted molar refractivity (Wildman–Crippen MR) is 67.7 cm³/mol. The van der Waals surface area contributed by atoms with Crippen molar-refractivity contribution in [2.45, 2.75) is 18.8 Å². The number of hydrogen-bond acceptors (Lipinski definition) is 3. The Hall–Kier alpha value is -0.960. The minimum atomic E-state index is 0.617. The zero-order chi connectivity index (χ0) is 11.4. The number of methoxy groups -OCH3 is 1. The van der Waals surface area contributed by atoms with Gasteiger partial charge in [-0.05, 0) is 48.0 Å². The molecule has 2 rings (SSSR count). The van der Waals surface area contributed by atoms with Crippen LogP contribution in [-0.4, -0.2) is 24.9 Å². The van der Waals surface area contributed by atoms with Gasteiger partial charge in [0.05, 0.1) is 12.7 Å². The van der Waals surface area contributed by atoms with Gasteiger partial charge in [0.2, 0.25) is 0 Å². The lowest BCUT2D eigenvalue weighted by molar-refractivity contribution is 0.112. The highest BCUT2D eigenvalue weighted by atomic mass is 32.2. The van der Waals surface area contributed by atoms with E-state index in [0.717, 1.165) is 6.29 Å². The van der Waals surface area contributed by atoms with E-state index in [9.17, 15) is 4.79 Å². The van der Waals surface area contributed by atoms with Crippen molar-refractivity contribution < 1.29 is 9.53 Å². The Balaban J connectivity index is 2.24. The molecule has 0 saturated carbocycles. The van der Waals surface area contributed by atoms with E-state index >= 15 is 0 Å². The molecule has 0 N–H and O–H groups in total. The molecule has 0 aromatic heterocycles. The number of carbonyl (C=O) groups excluding carboxylic acids is 1. The summed E-state index contributed by atoms with van der Waals surface area (Å²) in [4.78, 5) is 10.9. The van der Waals surface area contributed by atoms with Gasteiger partial charge in [0.1, 0.15) is 5.75 Å². The number of aldehydes is 1. The predicted octanol–water partition coefficient (Wildman–Crippen LogP) is 3.12. The molecule has 1 saturated heterocycles. The van der Waals surface area contributed by atoms with Crippen LogP contribution < -0.4 is 4.74 Å². The van der Waals surface area contributed by atoms with Crippen LogP contribution in [0.25, 0.3) is 0 Å². The molecule has 1 aromatic rings. The van der Waals surface area contributed by atoms with Gasteiger partial charge in [0, 0.05) is 0 Å². The van der Waals surface area contributed by atoms with Crippen molar-refractivity contribution >= 4 is 18.0 Å². The van der Waals surface area contributed by atoms with Gasteiger partial charge in [-0.3, -0.25) is 4.79 Å². The molecule has 2 nitrogen and oxygen atoms in total. The minimum absolute atomic E-state index is 0.617. The third kappa shape index (κ3) is 2.40. The monoisotopic (exact) mass is 236 g/mol. The first-order valence-corrected chi connectivity index (χ1v) is 6.71. The summed E-state index contributed by atoms with van der Waals surface area (Å²) in [7, 11) is 1.60. The maximum absolute atomic E-state index is 10.9. The van der Waals surface area contributed by atoms with Crippen LogP contribution in [-0.2, 0) is 0 Å². The molecule has 16 heavy (non-hydrogen) atoms. The third-order valence-electron chi connectivity index (χ3n) is 3.07. The standard InChI is InChI=1S/C13H16O2S/c1-15-13-3-2-11(8-12(13)9-14)10-4-6-16-7-5-10/h2-3,8-10H,4-7H2,1H3. The van der Waals surface area contributed by atoms with Crippen LogP contribution in [0.2, 0.25) is 0 Å². The second-order valence-electron chi connectivity index (χ2n) is 4.01. The molecule has 1 heterocycles. The molecule has 0 bridgehead atoms. The average molecular weight is 236 g/mol. The van der Waals surface area contributed by atoms with Gasteiger partial charge in [-0.25, -0.2) is 0 Å². The lowest BCUT2D eigenvalue weighted by Gasteiger charge is -2.22. The number of rotatable bonds is 3. The summed E-state index contributed by atoms with van der Waals surface area (Å²) in [6.45, 7) is 0. The molecule has 3 heteroatoms. The fourth-order valence-corrected chi connectivity index (χ4v) is 3.24. The maximum atomic E-state index is 10.9. The Morgan fingerprint density at radius 2 is 2.12 bits per heavy atom. The van der Waals surface area contributed by atoms with E-state index in [0.29, 0.717) is 17.2 Å². The zero-order valence-electron chi connectivity index (χ0n) is 9.44. The summed E-state index contributed by atoms with van der Waals surface area (Å²) < 4.78 is 5.14. The van der Waals surface area contributed by atoms with Crippen LogP contribution in [0.5, 0.6) is 5.75 Å². The number of benzene rings is 1. The van der Waals surface area contributed by atoms with Crippen LogP contribution in [0.3, 0.4) is 0 Å². The summed E-state index contributed by atoms with van der Waals surface area (Å²) in [6, 6.07) is 5.97. The van der Waals surface area contributed by atoms with Crippen molar-refractivity contribution in [2.24, 2.45) is 0 Å². The van der Waals surface area contributed by atoms with E-state index in [1.807, 2.05) is 23.9 Å². The number of thioether (sulfide) groups is 1. The van der Waals surface area contributed by atoms with Gasteiger partial charge in [-0.15, -0.1) is 0 Å². The maximum Gasteiger partial charge on any atom is 0.153 e. The van der Waals surface area contributed by atoms with Gasteiger partial charge in [0.25, 0.3) is 0 Å². The highest BCUT2D eigenvalue weighted by molar-refractivity contribution is 7.99. The van der Waals surface area contributed by atoms with Crippen LogP contribution in [0.4, 0.5) is 0 Å². The van der Waals surface area contributed by atoms with Crippen LogP contribution in [0.1, 0.15) is 34.7 Å². The molecular formula is C13H16O2S. The second-order valence-corrected chi connectivity index (χ2v) is 5.23. The van der Waals surface area contributed by atoms with Gasteiger partial charge in [0.15, 0.2) is 6.29 Å². The van der Waals surface area contributed by atoms with E-state index in [-0.39, 0.29) is 0 Å². The SMILES string of the molecule is COc1ccc(C2CCSCC2)cc1C=O. The largest absolute Gasteiger partial charge is 0.496 e. The van der Waals surface area contributed by atoms with E-state index < -0.39 is 0 Å². The molecule has 1 aliphatic heterocycles. The average Bonchev–Trinajstić information content (AvgIpc) is 2.39. The quantitative estimate of drug-likeness (QED) is 0.754. The van der Waals surface area contributed by atoms with E-state index in [1.54, 1.807) is 7.11 Å². The summed E-state index contributed by atoms with van der Waals surface area (Å²) in [6.07, 6.45) is 3.31. The lowest BCUT2D eigenvalue weighted by Crippen LogP contribution is -2.08. The van der Waals surface area contributed by atoms with E-state index in [1.165, 1.54) is 29.9 Å². The summed E-state index contributed by atoms with van der Waals surface area (Å²) in [5.74, 6) is 3.75. The van der Waals surface area contributed by atoms with Gasteiger partial charge in [-0.1, -0.05) is 6.07 Å². The molecule has 0 aliphatic carbocycles. The first-order valence-electron chi connectivity index (χ1n) is 5.56. The fourth-order valence-electron chi connectivity index (χ4n) is 2.13. The van der Waals surface area contributed by atoms with Gasteiger partial charge in [-0.2, -0.15) is 11.8 Å². The van der Waals surface area contributed by atoms with Crippen LogP contribution in [0, 0.1) is 0 Å². The van der Waals surface area contributed by atoms with Crippen molar-refractivity contribution in [2.75, 3.05) is 18.6 Å². The first kappa shape index (κ1) is 11.5. The Bertz CT molecular complexity index is 370. The molecule has 1 aliphatic rings.